The van der Waals surface area contributed by atoms with Gasteiger partial charge in [-0.25, -0.2) is 0 Å². The first-order valence-corrected chi connectivity index (χ1v) is 14.0. The van der Waals surface area contributed by atoms with Crippen LogP contribution in [0.2, 0.25) is 0 Å². The summed E-state index contributed by atoms with van der Waals surface area (Å²) in [5, 5.41) is 11.1. The summed E-state index contributed by atoms with van der Waals surface area (Å²) < 4.78 is 0. The van der Waals surface area contributed by atoms with Crippen molar-refractivity contribution in [2.75, 3.05) is 0 Å². The van der Waals surface area contributed by atoms with Crippen molar-refractivity contribution >= 4 is 18.6 Å². The molecule has 2 aliphatic rings. The number of halogens is 2. The standard InChI is InChI=1S/C23H32O.CH3.2ClH.Ti/c1-22(2,3)18-13-19(21(24)20(14-18)23(4,5)6)17-11-15-9-7-8-10-16(15)12-17;;;;/h7-10,13-17,24H,11-12H2,1-6H3;1H3;2*1H;/q;-1;;;+2/p-2. The molecule has 1 N–H and O–H groups in total. The minimum absolute atomic E-state index is 0. The monoisotopic (exact) mass is 457 g/mol. The van der Waals surface area contributed by atoms with E-state index in [-0.39, 0.29) is 18.3 Å². The van der Waals surface area contributed by atoms with Gasteiger partial charge in [0, 0.05) is 0 Å². The predicted molar refractivity (Wildman–Crippen MR) is 121 cm³/mol. The molecule has 0 saturated heterocycles. The summed E-state index contributed by atoms with van der Waals surface area (Å²) in [4.78, 5) is 0. The van der Waals surface area contributed by atoms with Crippen LogP contribution in [0.5, 0.6) is 5.75 Å². The molecule has 0 aromatic heterocycles. The molecule has 0 amide bonds. The number of hydrogen-bond acceptors (Lipinski definition) is 1. The van der Waals surface area contributed by atoms with Crippen molar-refractivity contribution in [3.63, 3.8) is 0 Å². The van der Waals surface area contributed by atoms with E-state index in [0.717, 1.165) is 18.4 Å². The molecule has 0 bridgehead atoms. The number of benzene rings is 1. The van der Waals surface area contributed by atoms with E-state index in [1.165, 1.54) is 11.1 Å². The Hall–Kier alpha value is -0.206. The quantitative estimate of drug-likeness (QED) is 0.334. The number of phenolic OH excluding ortho intramolecular Hbond substituents is 1. The van der Waals surface area contributed by atoms with Crippen LogP contribution in [0, 0.1) is 19.3 Å². The average Bonchev–Trinajstić information content (AvgIpc) is 2.97. The van der Waals surface area contributed by atoms with E-state index in [2.05, 4.69) is 78.0 Å². The zero-order valence-electron chi connectivity index (χ0n) is 18.3. The van der Waals surface area contributed by atoms with E-state index in [1.807, 2.05) is 0 Å². The van der Waals surface area contributed by atoms with Gasteiger partial charge in [0.1, 0.15) is 5.75 Å². The third kappa shape index (κ3) is 6.15. The molecule has 2 unspecified atom stereocenters. The fraction of sp³-hybridized carbons (Fsp3) is 0.542. The Morgan fingerprint density at radius 1 is 0.893 bits per heavy atom. The fourth-order valence-electron chi connectivity index (χ4n) is 4.19. The molecule has 3 rings (SSSR count). The Labute approximate surface area is 189 Å². The molecule has 1 nitrogen and oxygen atoms in total. The minimum atomic E-state index is -0.556. The van der Waals surface area contributed by atoms with Crippen LogP contribution in [0.15, 0.2) is 36.4 Å². The third-order valence-electron chi connectivity index (χ3n) is 5.74. The van der Waals surface area contributed by atoms with Gasteiger partial charge in [0.2, 0.25) is 0 Å². The van der Waals surface area contributed by atoms with Crippen molar-refractivity contribution in [1.29, 1.82) is 0 Å². The van der Waals surface area contributed by atoms with Crippen LogP contribution in [0.3, 0.4) is 0 Å². The second-order valence-corrected chi connectivity index (χ2v) is 12.4. The normalized spacial score (nSPS) is 23.4. The Bertz CT molecular complexity index is 691. The van der Waals surface area contributed by atoms with E-state index < -0.39 is 17.0 Å². The van der Waals surface area contributed by atoms with Crippen molar-refractivity contribution in [2.45, 2.75) is 71.1 Å². The van der Waals surface area contributed by atoms with Crippen molar-refractivity contribution in [3.05, 3.63) is 60.6 Å². The fourth-order valence-corrected chi connectivity index (χ4v) is 4.19. The summed E-state index contributed by atoms with van der Waals surface area (Å²) >= 11 is -0.556. The van der Waals surface area contributed by atoms with Gasteiger partial charge in [-0.1, -0.05) is 78.0 Å². The second kappa shape index (κ2) is 10.2. The summed E-state index contributed by atoms with van der Waals surface area (Å²) in [6.07, 6.45) is 11.3. The molecule has 2 atom stereocenters. The van der Waals surface area contributed by atoms with Gasteiger partial charge >= 0.3 is 35.6 Å². The van der Waals surface area contributed by atoms with Crippen molar-refractivity contribution in [2.24, 2.45) is 11.8 Å². The molecule has 1 saturated carbocycles. The molecule has 1 fully saturated rings. The maximum atomic E-state index is 11.1. The third-order valence-corrected chi connectivity index (χ3v) is 5.74. The van der Waals surface area contributed by atoms with Gasteiger partial charge < -0.3 is 12.5 Å². The molecule has 0 spiro atoms. The first kappa shape index (κ1) is 25.8. The van der Waals surface area contributed by atoms with E-state index in [4.69, 9.17) is 18.6 Å². The van der Waals surface area contributed by atoms with Crippen LogP contribution < -0.4 is 0 Å². The summed E-state index contributed by atoms with van der Waals surface area (Å²) in [5.74, 6) is 2.26. The number of aromatic hydroxyl groups is 1. The molecule has 0 radical (unpaired) electrons. The average molecular weight is 458 g/mol. The zero-order chi connectivity index (χ0) is 20.4. The number of fused-ring (bicyclic) bond motifs is 1. The Morgan fingerprint density at radius 2 is 1.36 bits per heavy atom. The predicted octanol–water partition coefficient (Wildman–Crippen LogP) is 8.05. The van der Waals surface area contributed by atoms with Gasteiger partial charge in [-0.15, -0.1) is 0 Å². The van der Waals surface area contributed by atoms with Crippen LogP contribution in [0.1, 0.15) is 77.0 Å². The molecular formula is C24H35Cl2OTi-. The van der Waals surface area contributed by atoms with Gasteiger partial charge in [-0.3, -0.25) is 0 Å². The van der Waals surface area contributed by atoms with Crippen molar-refractivity contribution < 1.29 is 22.1 Å². The Morgan fingerprint density at radius 3 is 1.75 bits per heavy atom. The van der Waals surface area contributed by atoms with Crippen LogP contribution in [-0.4, -0.2) is 5.11 Å². The van der Waals surface area contributed by atoms with E-state index >= 15 is 0 Å². The van der Waals surface area contributed by atoms with Crippen LogP contribution >= 0.6 is 18.6 Å². The van der Waals surface area contributed by atoms with E-state index in [0.29, 0.717) is 23.5 Å². The van der Waals surface area contributed by atoms with Gasteiger partial charge in [-0.05, 0) is 58.1 Å². The molecule has 0 heterocycles. The maximum absolute atomic E-state index is 11.1. The molecule has 4 heteroatoms. The van der Waals surface area contributed by atoms with Crippen LogP contribution in [0.4, 0.5) is 0 Å². The SMILES string of the molecule is CC(C)(C)c1cc(C2CC3C=CC=CC3C2)c(O)c(C(C)(C)C)c1.[CH3-].[Cl][Ti][Cl]. The van der Waals surface area contributed by atoms with Gasteiger partial charge in [0.25, 0.3) is 0 Å². The summed E-state index contributed by atoms with van der Waals surface area (Å²) in [7, 11) is 9.78. The first-order valence-electron chi connectivity index (χ1n) is 9.68. The van der Waals surface area contributed by atoms with Crippen molar-refractivity contribution in [3.8, 4) is 5.75 Å². The molecule has 1 aromatic carbocycles. The first-order chi connectivity index (χ1) is 12.5. The molecule has 0 aliphatic heterocycles. The number of rotatable bonds is 1. The van der Waals surface area contributed by atoms with Gasteiger partial charge in [-0.2, -0.15) is 0 Å². The van der Waals surface area contributed by atoms with Crippen LogP contribution in [-0.2, 0) is 27.9 Å². The van der Waals surface area contributed by atoms with Crippen LogP contribution in [0.25, 0.3) is 0 Å². The Balaban J connectivity index is 0.000000921. The summed E-state index contributed by atoms with van der Waals surface area (Å²) in [5.41, 5.74) is 3.63. The zero-order valence-corrected chi connectivity index (χ0v) is 21.4. The molecule has 28 heavy (non-hydrogen) atoms. The molecule has 2 aliphatic carbocycles. The molecule has 156 valence electrons. The van der Waals surface area contributed by atoms with Gasteiger partial charge in [0.05, 0.1) is 0 Å². The molecular weight excluding hydrogens is 423 g/mol. The number of hydrogen-bond donors (Lipinski definition) is 1. The summed E-state index contributed by atoms with van der Waals surface area (Å²) in [6.45, 7) is 13.4. The second-order valence-electron chi connectivity index (χ2n) is 9.80. The molecule has 1 aromatic rings. The number of phenols is 1. The van der Waals surface area contributed by atoms with Crippen molar-refractivity contribution in [1.82, 2.24) is 0 Å². The Kier molecular flexibility index (Phi) is 9.42. The van der Waals surface area contributed by atoms with Gasteiger partial charge in [0.15, 0.2) is 0 Å². The van der Waals surface area contributed by atoms with E-state index in [1.54, 1.807) is 0 Å². The van der Waals surface area contributed by atoms with E-state index in [9.17, 15) is 5.11 Å². The topological polar surface area (TPSA) is 20.2 Å². The summed E-state index contributed by atoms with van der Waals surface area (Å²) in [6, 6.07) is 4.50. The number of allylic oxidation sites excluding steroid dienone is 4.